The van der Waals surface area contributed by atoms with Crippen molar-refractivity contribution in [2.45, 2.75) is 58.4 Å². The molecule has 0 aromatic heterocycles. The van der Waals surface area contributed by atoms with Gasteiger partial charge in [0.25, 0.3) is 0 Å². The van der Waals surface area contributed by atoms with Crippen molar-refractivity contribution in [3.05, 3.63) is 0 Å². The van der Waals surface area contributed by atoms with Gasteiger partial charge in [-0.3, -0.25) is 14.4 Å². The molecule has 0 amide bonds. The standard InChI is InChI=1S/C12H18O8/c1-5-9(16)10(18-6(2)13)11(19-7(3)14)12(17-5)20-8(4)15/h5,9-12,16H,1-4H3/t5-,9+,10+,11-,12-/m0/s1. The van der Waals surface area contributed by atoms with Gasteiger partial charge < -0.3 is 24.1 Å². The van der Waals surface area contributed by atoms with Crippen molar-refractivity contribution in [3.8, 4) is 0 Å². The molecule has 0 saturated carbocycles. The number of hydrogen-bond donors (Lipinski definition) is 1. The first-order valence-electron chi connectivity index (χ1n) is 6.07. The van der Waals surface area contributed by atoms with E-state index < -0.39 is 48.6 Å². The Morgan fingerprint density at radius 3 is 1.80 bits per heavy atom. The normalized spacial score (nSPS) is 33.1. The molecule has 0 unspecified atom stereocenters. The van der Waals surface area contributed by atoms with Gasteiger partial charge in [-0.15, -0.1) is 0 Å². The smallest absolute Gasteiger partial charge is 0.305 e. The van der Waals surface area contributed by atoms with Crippen LogP contribution in [0.25, 0.3) is 0 Å². The highest BCUT2D eigenvalue weighted by atomic mass is 16.7. The van der Waals surface area contributed by atoms with E-state index in [9.17, 15) is 19.5 Å². The van der Waals surface area contributed by atoms with Crippen LogP contribution in [0, 0.1) is 0 Å². The lowest BCUT2D eigenvalue weighted by atomic mass is 9.99. The average molecular weight is 290 g/mol. The van der Waals surface area contributed by atoms with Gasteiger partial charge in [0, 0.05) is 20.8 Å². The van der Waals surface area contributed by atoms with Gasteiger partial charge in [-0.25, -0.2) is 0 Å². The van der Waals surface area contributed by atoms with E-state index >= 15 is 0 Å². The summed E-state index contributed by atoms with van der Waals surface area (Å²) in [5.74, 6) is -2.01. The van der Waals surface area contributed by atoms with Crippen LogP contribution < -0.4 is 0 Å². The predicted octanol–water partition coefficient (Wildman–Crippen LogP) is -0.481. The molecule has 0 aromatic carbocycles. The van der Waals surface area contributed by atoms with Gasteiger partial charge in [-0.1, -0.05) is 0 Å². The molecular formula is C12H18O8. The molecule has 8 nitrogen and oxygen atoms in total. The van der Waals surface area contributed by atoms with E-state index in [2.05, 4.69) is 0 Å². The first kappa shape index (κ1) is 16.4. The van der Waals surface area contributed by atoms with Crippen molar-refractivity contribution in [2.75, 3.05) is 0 Å². The predicted molar refractivity (Wildman–Crippen MR) is 63.2 cm³/mol. The summed E-state index contributed by atoms with van der Waals surface area (Å²) >= 11 is 0. The van der Waals surface area contributed by atoms with Crippen molar-refractivity contribution < 1.29 is 38.4 Å². The lowest BCUT2D eigenvalue weighted by molar-refractivity contribution is -0.290. The van der Waals surface area contributed by atoms with Crippen LogP contribution in [0.15, 0.2) is 0 Å². The van der Waals surface area contributed by atoms with Crippen LogP contribution in [0.3, 0.4) is 0 Å². The Hall–Kier alpha value is -1.67. The van der Waals surface area contributed by atoms with E-state index in [1.54, 1.807) is 0 Å². The first-order valence-corrected chi connectivity index (χ1v) is 6.07. The van der Waals surface area contributed by atoms with Gasteiger partial charge in [0.2, 0.25) is 12.4 Å². The molecule has 0 radical (unpaired) electrons. The Labute approximate surface area is 115 Å². The molecule has 1 aliphatic heterocycles. The summed E-state index contributed by atoms with van der Waals surface area (Å²) in [4.78, 5) is 33.3. The molecule has 114 valence electrons. The van der Waals surface area contributed by atoms with Crippen molar-refractivity contribution in [1.29, 1.82) is 0 Å². The summed E-state index contributed by atoms with van der Waals surface area (Å²) in [5, 5.41) is 9.99. The van der Waals surface area contributed by atoms with Gasteiger partial charge in [-0.2, -0.15) is 0 Å². The van der Waals surface area contributed by atoms with Crippen LogP contribution in [0.1, 0.15) is 27.7 Å². The van der Waals surface area contributed by atoms with Crippen molar-refractivity contribution >= 4 is 17.9 Å². The number of aliphatic hydroxyl groups is 1. The molecule has 0 aliphatic carbocycles. The zero-order valence-electron chi connectivity index (χ0n) is 11.7. The SMILES string of the molecule is CC(=O)O[C@@H]1O[C@@H](C)[C@@H](O)[C@@H](OC(C)=O)[C@@H]1OC(C)=O. The fraction of sp³-hybridized carbons (Fsp3) is 0.750. The minimum atomic E-state index is -1.25. The molecule has 5 atom stereocenters. The number of carbonyl (C=O) groups is 3. The molecule has 0 spiro atoms. The van der Waals surface area contributed by atoms with E-state index in [1.165, 1.54) is 6.92 Å². The number of carbonyl (C=O) groups excluding carboxylic acids is 3. The molecule has 1 aliphatic rings. The highest BCUT2D eigenvalue weighted by molar-refractivity contribution is 5.68. The fourth-order valence-corrected chi connectivity index (χ4v) is 1.89. The highest BCUT2D eigenvalue weighted by Gasteiger charge is 2.49. The molecule has 8 heteroatoms. The number of esters is 3. The molecule has 1 N–H and O–H groups in total. The van der Waals surface area contributed by atoms with Crippen LogP contribution in [0.5, 0.6) is 0 Å². The second-order valence-electron chi connectivity index (χ2n) is 4.46. The second-order valence-corrected chi connectivity index (χ2v) is 4.46. The Kier molecular flexibility index (Phi) is 5.46. The first-order chi connectivity index (χ1) is 9.22. The molecule has 0 aromatic rings. The number of ether oxygens (including phenoxy) is 4. The topological polar surface area (TPSA) is 108 Å². The fourth-order valence-electron chi connectivity index (χ4n) is 1.89. The van der Waals surface area contributed by atoms with Crippen molar-refractivity contribution in [2.24, 2.45) is 0 Å². The molecule has 0 bridgehead atoms. The minimum absolute atomic E-state index is 0.655. The lowest BCUT2D eigenvalue weighted by Gasteiger charge is -2.41. The van der Waals surface area contributed by atoms with Gasteiger partial charge >= 0.3 is 17.9 Å². The van der Waals surface area contributed by atoms with E-state index in [0.717, 1.165) is 20.8 Å². The maximum atomic E-state index is 11.1. The van der Waals surface area contributed by atoms with Gasteiger partial charge in [0.15, 0.2) is 6.10 Å². The van der Waals surface area contributed by atoms with E-state index in [0.29, 0.717) is 0 Å². The van der Waals surface area contributed by atoms with E-state index in [4.69, 9.17) is 18.9 Å². The molecular weight excluding hydrogens is 272 g/mol. The summed E-state index contributed by atoms with van der Waals surface area (Å²) in [7, 11) is 0. The van der Waals surface area contributed by atoms with Gasteiger partial charge in [-0.05, 0) is 6.92 Å². The molecule has 1 rings (SSSR count). The third-order valence-electron chi connectivity index (χ3n) is 2.64. The summed E-state index contributed by atoms with van der Waals surface area (Å²) in [6.45, 7) is 4.96. The van der Waals surface area contributed by atoms with Crippen molar-refractivity contribution in [1.82, 2.24) is 0 Å². The maximum Gasteiger partial charge on any atom is 0.305 e. The van der Waals surface area contributed by atoms with Crippen LogP contribution >= 0.6 is 0 Å². The van der Waals surface area contributed by atoms with Gasteiger partial charge in [0.05, 0.1) is 6.10 Å². The zero-order chi connectivity index (χ0) is 15.4. The Morgan fingerprint density at radius 1 is 0.900 bits per heavy atom. The highest BCUT2D eigenvalue weighted by Crippen LogP contribution is 2.27. The quantitative estimate of drug-likeness (QED) is 0.548. The summed E-state index contributed by atoms with van der Waals surface area (Å²) in [6.07, 6.45) is -5.64. The molecule has 1 heterocycles. The number of aliphatic hydroxyl groups excluding tert-OH is 1. The molecule has 20 heavy (non-hydrogen) atoms. The van der Waals surface area contributed by atoms with Crippen LogP contribution in [-0.2, 0) is 33.3 Å². The van der Waals surface area contributed by atoms with E-state index in [-0.39, 0.29) is 0 Å². The zero-order valence-corrected chi connectivity index (χ0v) is 11.7. The molecule has 1 fully saturated rings. The Balaban J connectivity index is 3.00. The monoisotopic (exact) mass is 290 g/mol. The Bertz CT molecular complexity index is 393. The average Bonchev–Trinajstić information content (AvgIpc) is 2.28. The van der Waals surface area contributed by atoms with Crippen molar-refractivity contribution in [3.63, 3.8) is 0 Å². The van der Waals surface area contributed by atoms with Crippen LogP contribution in [0.4, 0.5) is 0 Å². The third kappa shape index (κ3) is 4.17. The number of hydrogen-bond acceptors (Lipinski definition) is 8. The summed E-state index contributed by atoms with van der Waals surface area (Å²) in [5.41, 5.74) is 0. The summed E-state index contributed by atoms with van der Waals surface area (Å²) in [6, 6.07) is 0. The maximum absolute atomic E-state index is 11.1. The van der Waals surface area contributed by atoms with Crippen LogP contribution in [-0.4, -0.2) is 53.7 Å². The summed E-state index contributed by atoms with van der Waals surface area (Å²) < 4.78 is 20.1. The van der Waals surface area contributed by atoms with E-state index in [1.807, 2.05) is 0 Å². The lowest BCUT2D eigenvalue weighted by Crippen LogP contribution is -2.60. The van der Waals surface area contributed by atoms with Gasteiger partial charge in [0.1, 0.15) is 6.10 Å². The second kappa shape index (κ2) is 6.67. The van der Waals surface area contributed by atoms with Crippen LogP contribution in [0.2, 0.25) is 0 Å². The third-order valence-corrected chi connectivity index (χ3v) is 2.64. The Morgan fingerprint density at radius 2 is 1.35 bits per heavy atom. The minimum Gasteiger partial charge on any atom is -0.455 e. The number of rotatable bonds is 3. The molecule has 1 saturated heterocycles. The largest absolute Gasteiger partial charge is 0.455 e.